The van der Waals surface area contributed by atoms with Crippen molar-refractivity contribution in [2.45, 2.75) is 12.5 Å². The monoisotopic (exact) mass is 287 g/mol. The molecule has 0 saturated heterocycles. The van der Waals surface area contributed by atoms with Crippen LogP contribution in [0.4, 0.5) is 0 Å². The van der Waals surface area contributed by atoms with Gasteiger partial charge in [-0.3, -0.25) is 4.79 Å². The van der Waals surface area contributed by atoms with Crippen molar-refractivity contribution in [2.75, 3.05) is 0 Å². The van der Waals surface area contributed by atoms with Gasteiger partial charge in [-0.2, -0.15) is 4.99 Å². The second-order valence-corrected chi connectivity index (χ2v) is 5.32. The summed E-state index contributed by atoms with van der Waals surface area (Å²) in [5, 5.41) is 5.88. The SMILES string of the molecule is Cn1ccsc1=NC(=O)C1CC(c2ccccc2)=NO1. The van der Waals surface area contributed by atoms with Crippen LogP contribution in [0.3, 0.4) is 0 Å². The number of hydrogen-bond acceptors (Lipinski definition) is 4. The fourth-order valence-electron chi connectivity index (χ4n) is 1.91. The molecule has 1 atom stereocenters. The van der Waals surface area contributed by atoms with Gasteiger partial charge in [0.05, 0.1) is 5.71 Å². The summed E-state index contributed by atoms with van der Waals surface area (Å²) in [5.74, 6) is -0.294. The van der Waals surface area contributed by atoms with Crippen LogP contribution < -0.4 is 4.80 Å². The van der Waals surface area contributed by atoms with E-state index in [0.29, 0.717) is 11.2 Å². The van der Waals surface area contributed by atoms with E-state index in [1.807, 2.05) is 49.0 Å². The van der Waals surface area contributed by atoms with Gasteiger partial charge in [-0.25, -0.2) is 0 Å². The fourth-order valence-corrected chi connectivity index (χ4v) is 2.65. The van der Waals surface area contributed by atoms with Crippen LogP contribution in [0, 0.1) is 0 Å². The quantitative estimate of drug-likeness (QED) is 0.844. The van der Waals surface area contributed by atoms with Gasteiger partial charge in [0.2, 0.25) is 6.10 Å². The topological polar surface area (TPSA) is 56.0 Å². The van der Waals surface area contributed by atoms with Crippen molar-refractivity contribution in [3.05, 3.63) is 52.3 Å². The Morgan fingerprint density at radius 1 is 1.45 bits per heavy atom. The van der Waals surface area contributed by atoms with E-state index >= 15 is 0 Å². The molecule has 0 radical (unpaired) electrons. The van der Waals surface area contributed by atoms with Gasteiger partial charge in [0.1, 0.15) is 0 Å². The van der Waals surface area contributed by atoms with Gasteiger partial charge in [-0.1, -0.05) is 35.5 Å². The zero-order chi connectivity index (χ0) is 13.9. The molecule has 2 aromatic rings. The molecule has 1 aromatic heterocycles. The Bertz CT molecular complexity index is 715. The van der Waals surface area contributed by atoms with Gasteiger partial charge < -0.3 is 9.40 Å². The molecule has 1 amide bonds. The van der Waals surface area contributed by atoms with E-state index in [-0.39, 0.29) is 5.91 Å². The zero-order valence-corrected chi connectivity index (χ0v) is 11.7. The summed E-state index contributed by atoms with van der Waals surface area (Å²) in [7, 11) is 1.85. The highest BCUT2D eigenvalue weighted by molar-refractivity contribution is 7.07. The number of aryl methyl sites for hydroxylation is 1. The second-order valence-electron chi connectivity index (χ2n) is 4.45. The standard InChI is InChI=1S/C14H13N3O2S/c1-17-7-8-20-14(17)15-13(18)12-9-11(16-19-12)10-5-3-2-4-6-10/h2-8,12H,9H2,1H3. The molecule has 0 bridgehead atoms. The van der Waals surface area contributed by atoms with Crippen LogP contribution in [-0.2, 0) is 16.7 Å². The Labute approximate surface area is 119 Å². The Kier molecular flexibility index (Phi) is 3.47. The highest BCUT2D eigenvalue weighted by atomic mass is 32.1. The van der Waals surface area contributed by atoms with Crippen molar-refractivity contribution < 1.29 is 9.63 Å². The molecule has 20 heavy (non-hydrogen) atoms. The molecule has 102 valence electrons. The summed E-state index contributed by atoms with van der Waals surface area (Å²) >= 11 is 1.42. The summed E-state index contributed by atoms with van der Waals surface area (Å²) in [6.45, 7) is 0. The Morgan fingerprint density at radius 3 is 2.95 bits per heavy atom. The maximum absolute atomic E-state index is 12.1. The highest BCUT2D eigenvalue weighted by Crippen LogP contribution is 2.17. The van der Waals surface area contributed by atoms with Gasteiger partial charge in [0.25, 0.3) is 5.91 Å². The predicted octanol–water partition coefficient (Wildman–Crippen LogP) is 1.71. The average Bonchev–Trinajstić information content (AvgIpc) is 3.10. The molecule has 0 saturated carbocycles. The number of hydrogen-bond donors (Lipinski definition) is 0. The molecule has 2 heterocycles. The van der Waals surface area contributed by atoms with Crippen molar-refractivity contribution in [1.29, 1.82) is 0 Å². The van der Waals surface area contributed by atoms with Crippen LogP contribution in [0.25, 0.3) is 0 Å². The minimum absolute atomic E-state index is 0.294. The Morgan fingerprint density at radius 2 is 2.25 bits per heavy atom. The molecule has 6 heteroatoms. The van der Waals surface area contributed by atoms with Crippen molar-refractivity contribution in [2.24, 2.45) is 17.2 Å². The van der Waals surface area contributed by atoms with Crippen LogP contribution in [0.1, 0.15) is 12.0 Å². The number of amides is 1. The van der Waals surface area contributed by atoms with Crippen LogP contribution in [-0.4, -0.2) is 22.3 Å². The van der Waals surface area contributed by atoms with E-state index in [0.717, 1.165) is 11.3 Å². The summed E-state index contributed by atoms with van der Waals surface area (Å²) in [6, 6.07) is 9.71. The second kappa shape index (κ2) is 5.42. The third-order valence-electron chi connectivity index (χ3n) is 3.02. The van der Waals surface area contributed by atoms with E-state index in [1.165, 1.54) is 11.3 Å². The number of thiazole rings is 1. The van der Waals surface area contributed by atoms with Crippen molar-refractivity contribution >= 4 is 23.0 Å². The van der Waals surface area contributed by atoms with Crippen molar-refractivity contribution in [3.8, 4) is 0 Å². The van der Waals surface area contributed by atoms with Crippen molar-refractivity contribution in [1.82, 2.24) is 4.57 Å². The lowest BCUT2D eigenvalue weighted by molar-refractivity contribution is -0.127. The molecule has 5 nitrogen and oxygen atoms in total. The van der Waals surface area contributed by atoms with E-state index in [9.17, 15) is 4.79 Å². The maximum Gasteiger partial charge on any atom is 0.292 e. The highest BCUT2D eigenvalue weighted by Gasteiger charge is 2.28. The average molecular weight is 287 g/mol. The molecule has 1 aliphatic rings. The first-order chi connectivity index (χ1) is 9.74. The third-order valence-corrected chi connectivity index (χ3v) is 3.86. The molecule has 0 aliphatic carbocycles. The van der Waals surface area contributed by atoms with E-state index in [4.69, 9.17) is 4.84 Å². The van der Waals surface area contributed by atoms with Gasteiger partial charge in [-0.05, 0) is 5.56 Å². The molecule has 0 fully saturated rings. The van der Waals surface area contributed by atoms with Gasteiger partial charge in [0.15, 0.2) is 4.80 Å². The minimum atomic E-state index is -0.618. The summed E-state index contributed by atoms with van der Waals surface area (Å²) < 4.78 is 1.80. The Hall–Kier alpha value is -2.21. The number of carbonyl (C=O) groups is 1. The molecule has 1 aliphatic heterocycles. The lowest BCUT2D eigenvalue weighted by Gasteiger charge is -2.02. The van der Waals surface area contributed by atoms with Gasteiger partial charge in [0, 0.05) is 25.0 Å². The third kappa shape index (κ3) is 2.55. The fraction of sp³-hybridized carbons (Fsp3) is 0.214. The van der Waals surface area contributed by atoms with Gasteiger partial charge in [-0.15, -0.1) is 11.3 Å². The first-order valence-corrected chi connectivity index (χ1v) is 7.09. The van der Waals surface area contributed by atoms with E-state index in [1.54, 1.807) is 4.57 Å². The van der Waals surface area contributed by atoms with E-state index in [2.05, 4.69) is 10.1 Å². The Balaban J connectivity index is 1.74. The first kappa shape index (κ1) is 12.8. The molecule has 1 unspecified atom stereocenters. The van der Waals surface area contributed by atoms with Crippen LogP contribution >= 0.6 is 11.3 Å². The number of nitrogens with zero attached hydrogens (tertiary/aromatic N) is 3. The summed E-state index contributed by atoms with van der Waals surface area (Å²) in [6.07, 6.45) is 1.70. The minimum Gasteiger partial charge on any atom is -0.382 e. The number of carbonyl (C=O) groups excluding carboxylic acids is 1. The lowest BCUT2D eigenvalue weighted by Crippen LogP contribution is -2.23. The normalized spacial score (nSPS) is 18.8. The van der Waals surface area contributed by atoms with E-state index < -0.39 is 6.10 Å². The number of rotatable bonds is 2. The van der Waals surface area contributed by atoms with Crippen LogP contribution in [0.15, 0.2) is 52.1 Å². The summed E-state index contributed by atoms with van der Waals surface area (Å²) in [5.41, 5.74) is 1.76. The largest absolute Gasteiger partial charge is 0.382 e. The number of oxime groups is 1. The molecule has 0 N–H and O–H groups in total. The lowest BCUT2D eigenvalue weighted by atomic mass is 10.1. The molecule has 3 rings (SSSR count). The molecule has 1 aromatic carbocycles. The first-order valence-electron chi connectivity index (χ1n) is 6.21. The van der Waals surface area contributed by atoms with Crippen LogP contribution in [0.2, 0.25) is 0 Å². The molecule has 0 spiro atoms. The maximum atomic E-state index is 12.1. The number of aromatic nitrogens is 1. The predicted molar refractivity (Wildman–Crippen MR) is 76.3 cm³/mol. The van der Waals surface area contributed by atoms with Crippen molar-refractivity contribution in [3.63, 3.8) is 0 Å². The molecular formula is C14H13N3O2S. The van der Waals surface area contributed by atoms with Crippen LogP contribution in [0.5, 0.6) is 0 Å². The zero-order valence-electron chi connectivity index (χ0n) is 10.9. The number of benzene rings is 1. The van der Waals surface area contributed by atoms with Gasteiger partial charge >= 0.3 is 0 Å². The summed E-state index contributed by atoms with van der Waals surface area (Å²) in [4.78, 5) is 22.0. The smallest absolute Gasteiger partial charge is 0.292 e. The molecular weight excluding hydrogens is 274 g/mol.